The van der Waals surface area contributed by atoms with Gasteiger partial charge in [-0.1, -0.05) is 32.0 Å². The Labute approximate surface area is 81.0 Å². The lowest BCUT2D eigenvalue weighted by Crippen LogP contribution is -2.06. The Bertz CT molecular complexity index is 266. The predicted molar refractivity (Wildman–Crippen MR) is 58.0 cm³/mol. The summed E-state index contributed by atoms with van der Waals surface area (Å²) in [6.45, 7) is 5.18. The second kappa shape index (κ2) is 5.03. The first-order chi connectivity index (χ1) is 6.33. The Morgan fingerprint density at radius 1 is 1.08 bits per heavy atom. The van der Waals surface area contributed by atoms with Crippen molar-refractivity contribution in [3.8, 4) is 0 Å². The molecular formula is C12H19N. The molecule has 0 spiro atoms. The summed E-state index contributed by atoms with van der Waals surface area (Å²) in [4.78, 5) is 0. The molecule has 0 amide bonds. The van der Waals surface area contributed by atoms with E-state index in [2.05, 4.69) is 32.0 Å². The Morgan fingerprint density at radius 2 is 1.77 bits per heavy atom. The van der Waals surface area contributed by atoms with Crippen molar-refractivity contribution in [1.29, 1.82) is 0 Å². The van der Waals surface area contributed by atoms with Gasteiger partial charge >= 0.3 is 0 Å². The van der Waals surface area contributed by atoms with E-state index in [4.69, 9.17) is 5.73 Å². The molecule has 72 valence electrons. The summed E-state index contributed by atoms with van der Waals surface area (Å²) in [5, 5.41) is 0. The standard InChI is InChI=1S/C12H19N/c1-3-10-6-5-7-11(8-9-13)12(10)4-2/h5-7H,3-4,8-9,13H2,1-2H3. The van der Waals surface area contributed by atoms with E-state index in [1.807, 2.05) is 0 Å². The fourth-order valence-electron chi connectivity index (χ4n) is 1.86. The Morgan fingerprint density at radius 3 is 2.31 bits per heavy atom. The summed E-state index contributed by atoms with van der Waals surface area (Å²) >= 11 is 0. The monoisotopic (exact) mass is 177 g/mol. The van der Waals surface area contributed by atoms with Crippen molar-refractivity contribution >= 4 is 0 Å². The second-order valence-electron chi connectivity index (χ2n) is 3.30. The third-order valence-electron chi connectivity index (χ3n) is 2.52. The van der Waals surface area contributed by atoms with Crippen LogP contribution in [0, 0.1) is 0 Å². The van der Waals surface area contributed by atoms with Crippen LogP contribution < -0.4 is 5.73 Å². The first-order valence-electron chi connectivity index (χ1n) is 5.13. The van der Waals surface area contributed by atoms with E-state index in [-0.39, 0.29) is 0 Å². The van der Waals surface area contributed by atoms with Gasteiger partial charge in [0, 0.05) is 0 Å². The molecule has 0 aliphatic carbocycles. The third kappa shape index (κ3) is 2.31. The largest absolute Gasteiger partial charge is 0.330 e. The van der Waals surface area contributed by atoms with E-state index in [9.17, 15) is 0 Å². The Balaban J connectivity index is 3.03. The molecule has 1 aromatic carbocycles. The van der Waals surface area contributed by atoms with Crippen molar-refractivity contribution in [3.05, 3.63) is 34.9 Å². The van der Waals surface area contributed by atoms with E-state index < -0.39 is 0 Å². The average molecular weight is 177 g/mol. The maximum Gasteiger partial charge on any atom is -0.00366 e. The van der Waals surface area contributed by atoms with Crippen LogP contribution in [-0.2, 0) is 19.3 Å². The van der Waals surface area contributed by atoms with Crippen LogP contribution in [0.25, 0.3) is 0 Å². The molecule has 0 fully saturated rings. The number of aryl methyl sites for hydroxylation is 1. The normalized spacial score (nSPS) is 10.4. The highest BCUT2D eigenvalue weighted by Crippen LogP contribution is 2.16. The molecule has 0 radical (unpaired) electrons. The maximum absolute atomic E-state index is 5.58. The van der Waals surface area contributed by atoms with Gasteiger partial charge in [-0.3, -0.25) is 0 Å². The topological polar surface area (TPSA) is 26.0 Å². The van der Waals surface area contributed by atoms with Crippen molar-refractivity contribution < 1.29 is 0 Å². The van der Waals surface area contributed by atoms with Crippen LogP contribution in [-0.4, -0.2) is 6.54 Å². The fraction of sp³-hybridized carbons (Fsp3) is 0.500. The summed E-state index contributed by atoms with van der Waals surface area (Å²) in [6.07, 6.45) is 3.26. The molecule has 1 aromatic rings. The summed E-state index contributed by atoms with van der Waals surface area (Å²) in [6, 6.07) is 6.56. The summed E-state index contributed by atoms with van der Waals surface area (Å²) in [5.74, 6) is 0. The lowest BCUT2D eigenvalue weighted by atomic mass is 9.95. The molecule has 0 saturated carbocycles. The minimum atomic E-state index is 0.750. The number of rotatable bonds is 4. The van der Waals surface area contributed by atoms with Gasteiger partial charge in [-0.25, -0.2) is 0 Å². The highest BCUT2D eigenvalue weighted by Gasteiger charge is 2.03. The van der Waals surface area contributed by atoms with Crippen molar-refractivity contribution in [1.82, 2.24) is 0 Å². The molecule has 0 saturated heterocycles. The van der Waals surface area contributed by atoms with Crippen LogP contribution in [0.15, 0.2) is 18.2 Å². The van der Waals surface area contributed by atoms with Crippen molar-refractivity contribution in [2.45, 2.75) is 33.1 Å². The third-order valence-corrected chi connectivity index (χ3v) is 2.52. The molecule has 13 heavy (non-hydrogen) atoms. The van der Waals surface area contributed by atoms with Crippen molar-refractivity contribution in [2.75, 3.05) is 6.54 Å². The van der Waals surface area contributed by atoms with Crippen LogP contribution in [0.1, 0.15) is 30.5 Å². The van der Waals surface area contributed by atoms with Crippen molar-refractivity contribution in [2.24, 2.45) is 5.73 Å². The zero-order chi connectivity index (χ0) is 9.68. The first kappa shape index (κ1) is 10.3. The molecule has 1 rings (SSSR count). The highest BCUT2D eigenvalue weighted by molar-refractivity contribution is 5.35. The number of benzene rings is 1. The molecular weight excluding hydrogens is 158 g/mol. The summed E-state index contributed by atoms with van der Waals surface area (Å²) < 4.78 is 0. The lowest BCUT2D eigenvalue weighted by molar-refractivity contribution is 0.921. The molecule has 0 aromatic heterocycles. The van der Waals surface area contributed by atoms with Gasteiger partial charge in [0.15, 0.2) is 0 Å². The summed E-state index contributed by atoms with van der Waals surface area (Å²) in [7, 11) is 0. The van der Waals surface area contributed by atoms with Gasteiger partial charge in [-0.15, -0.1) is 0 Å². The van der Waals surface area contributed by atoms with E-state index in [1.54, 1.807) is 0 Å². The van der Waals surface area contributed by atoms with Gasteiger partial charge in [0.1, 0.15) is 0 Å². The predicted octanol–water partition coefficient (Wildman–Crippen LogP) is 2.31. The minimum Gasteiger partial charge on any atom is -0.330 e. The zero-order valence-corrected chi connectivity index (χ0v) is 8.64. The molecule has 0 aliphatic rings. The Kier molecular flexibility index (Phi) is 3.97. The molecule has 0 heterocycles. The smallest absolute Gasteiger partial charge is 0.00366 e. The van der Waals surface area contributed by atoms with Gasteiger partial charge in [0.2, 0.25) is 0 Å². The van der Waals surface area contributed by atoms with Gasteiger partial charge in [-0.05, 0) is 42.5 Å². The van der Waals surface area contributed by atoms with Crippen LogP contribution >= 0.6 is 0 Å². The van der Waals surface area contributed by atoms with Gasteiger partial charge < -0.3 is 5.73 Å². The second-order valence-corrected chi connectivity index (χ2v) is 3.30. The summed E-state index contributed by atoms with van der Waals surface area (Å²) in [5.41, 5.74) is 10.00. The highest BCUT2D eigenvalue weighted by atomic mass is 14.5. The molecule has 0 aliphatic heterocycles. The molecule has 0 unspecified atom stereocenters. The van der Waals surface area contributed by atoms with Crippen LogP contribution in [0.4, 0.5) is 0 Å². The van der Waals surface area contributed by atoms with Gasteiger partial charge in [-0.2, -0.15) is 0 Å². The molecule has 1 heteroatoms. The van der Waals surface area contributed by atoms with Crippen molar-refractivity contribution in [3.63, 3.8) is 0 Å². The van der Waals surface area contributed by atoms with Crippen LogP contribution in [0.3, 0.4) is 0 Å². The lowest BCUT2D eigenvalue weighted by Gasteiger charge is -2.11. The molecule has 0 atom stereocenters. The maximum atomic E-state index is 5.58. The van der Waals surface area contributed by atoms with E-state index in [0.717, 1.165) is 25.8 Å². The van der Waals surface area contributed by atoms with Gasteiger partial charge in [0.05, 0.1) is 0 Å². The van der Waals surface area contributed by atoms with E-state index in [1.165, 1.54) is 16.7 Å². The van der Waals surface area contributed by atoms with E-state index >= 15 is 0 Å². The quantitative estimate of drug-likeness (QED) is 0.750. The van der Waals surface area contributed by atoms with E-state index in [0.29, 0.717) is 0 Å². The molecule has 2 N–H and O–H groups in total. The fourth-order valence-corrected chi connectivity index (χ4v) is 1.86. The number of hydrogen-bond acceptors (Lipinski definition) is 1. The number of hydrogen-bond donors (Lipinski definition) is 1. The zero-order valence-electron chi connectivity index (χ0n) is 8.64. The molecule has 0 bridgehead atoms. The minimum absolute atomic E-state index is 0.750. The van der Waals surface area contributed by atoms with Gasteiger partial charge in [0.25, 0.3) is 0 Å². The van der Waals surface area contributed by atoms with Crippen LogP contribution in [0.5, 0.6) is 0 Å². The number of nitrogens with two attached hydrogens (primary N) is 1. The first-order valence-corrected chi connectivity index (χ1v) is 5.13. The SMILES string of the molecule is CCc1cccc(CCN)c1CC. The van der Waals surface area contributed by atoms with Crippen LogP contribution in [0.2, 0.25) is 0 Å². The Hall–Kier alpha value is -0.820. The average Bonchev–Trinajstić information content (AvgIpc) is 2.18. The molecule has 1 nitrogen and oxygen atoms in total.